The third-order valence-corrected chi connectivity index (χ3v) is 4.94. The monoisotopic (exact) mass is 326 g/mol. The average Bonchev–Trinajstić information content (AvgIpc) is 2.46. The van der Waals surface area contributed by atoms with Crippen LogP contribution in [0, 0.1) is 5.41 Å². The molecule has 0 amide bonds. The Morgan fingerprint density at radius 2 is 1.68 bits per heavy atom. The Labute approximate surface area is 126 Å². The lowest BCUT2D eigenvalue weighted by molar-refractivity contribution is -0.000794. The van der Waals surface area contributed by atoms with Crippen LogP contribution < -0.4 is 0 Å². The third-order valence-electron chi connectivity index (χ3n) is 3.75. The summed E-state index contributed by atoms with van der Waals surface area (Å²) in [5.74, 6) is 0. The molecule has 2 heteroatoms. The van der Waals surface area contributed by atoms with Gasteiger partial charge >= 0.3 is 0 Å². The minimum atomic E-state index is 0.174. The van der Waals surface area contributed by atoms with Gasteiger partial charge in [0.05, 0.1) is 12.7 Å². The molecule has 1 nitrogen and oxygen atoms in total. The van der Waals surface area contributed by atoms with Crippen molar-refractivity contribution in [2.45, 2.75) is 52.6 Å². The molecule has 0 fully saturated rings. The molecule has 0 aliphatic carbocycles. The van der Waals surface area contributed by atoms with E-state index >= 15 is 0 Å². The molecule has 0 heterocycles. The summed E-state index contributed by atoms with van der Waals surface area (Å²) in [7, 11) is 0. The van der Waals surface area contributed by atoms with Gasteiger partial charge in [-0.3, -0.25) is 0 Å². The standard InChI is InChI=1S/C17H27BrO/c1-4-11-17(13-18,12-5-2)14-19-15(3)16-9-7-6-8-10-16/h6-10,15H,4-5,11-14H2,1-3H3. The molecule has 0 saturated carbocycles. The fourth-order valence-corrected chi connectivity index (χ4v) is 3.35. The van der Waals surface area contributed by atoms with Crippen LogP contribution >= 0.6 is 15.9 Å². The molecule has 0 aliphatic heterocycles. The van der Waals surface area contributed by atoms with E-state index < -0.39 is 0 Å². The van der Waals surface area contributed by atoms with Crippen molar-refractivity contribution in [1.82, 2.24) is 0 Å². The quantitative estimate of drug-likeness (QED) is 0.525. The maximum atomic E-state index is 6.16. The number of alkyl halides is 1. The van der Waals surface area contributed by atoms with Gasteiger partial charge in [-0.1, -0.05) is 73.0 Å². The highest BCUT2D eigenvalue weighted by atomic mass is 79.9. The van der Waals surface area contributed by atoms with Gasteiger partial charge in [0, 0.05) is 10.7 Å². The van der Waals surface area contributed by atoms with E-state index in [1.165, 1.54) is 31.2 Å². The molecule has 0 spiro atoms. The first-order chi connectivity index (χ1) is 9.17. The Bertz CT molecular complexity index is 330. The van der Waals surface area contributed by atoms with Crippen LogP contribution in [0.3, 0.4) is 0 Å². The van der Waals surface area contributed by atoms with Gasteiger partial charge in [0.25, 0.3) is 0 Å². The van der Waals surface area contributed by atoms with Crippen LogP contribution in [0.1, 0.15) is 58.1 Å². The molecule has 0 bridgehead atoms. The molecule has 1 rings (SSSR count). The molecule has 1 aromatic rings. The Balaban J connectivity index is 2.60. The summed E-state index contributed by atoms with van der Waals surface area (Å²) in [5.41, 5.74) is 1.56. The average molecular weight is 327 g/mol. The van der Waals surface area contributed by atoms with Crippen molar-refractivity contribution < 1.29 is 4.74 Å². The zero-order valence-corrected chi connectivity index (χ0v) is 14.1. The molecule has 0 aliphatic rings. The molecule has 1 aromatic carbocycles. The van der Waals surface area contributed by atoms with E-state index in [4.69, 9.17) is 4.74 Å². The highest BCUT2D eigenvalue weighted by Crippen LogP contribution is 2.34. The number of hydrogen-bond donors (Lipinski definition) is 0. The van der Waals surface area contributed by atoms with E-state index in [9.17, 15) is 0 Å². The summed E-state index contributed by atoms with van der Waals surface area (Å²) in [4.78, 5) is 0. The fourth-order valence-electron chi connectivity index (χ4n) is 2.62. The second kappa shape index (κ2) is 8.76. The van der Waals surface area contributed by atoms with Gasteiger partial charge < -0.3 is 4.74 Å². The van der Waals surface area contributed by atoms with E-state index in [0.717, 1.165) is 11.9 Å². The zero-order chi connectivity index (χ0) is 14.1. The largest absolute Gasteiger partial charge is 0.373 e. The molecule has 0 aromatic heterocycles. The number of rotatable bonds is 9. The first-order valence-electron chi connectivity index (χ1n) is 7.40. The van der Waals surface area contributed by atoms with E-state index in [1.807, 2.05) is 6.07 Å². The summed E-state index contributed by atoms with van der Waals surface area (Å²) in [6.45, 7) is 7.50. The lowest BCUT2D eigenvalue weighted by atomic mass is 9.82. The van der Waals surface area contributed by atoms with Gasteiger partial charge in [-0.05, 0) is 25.3 Å². The first-order valence-corrected chi connectivity index (χ1v) is 8.52. The van der Waals surface area contributed by atoms with Crippen LogP contribution in [0.25, 0.3) is 0 Å². The van der Waals surface area contributed by atoms with Crippen LogP contribution in [-0.4, -0.2) is 11.9 Å². The lowest BCUT2D eigenvalue weighted by Crippen LogP contribution is -2.29. The molecule has 108 valence electrons. The normalized spacial score (nSPS) is 13.5. The van der Waals surface area contributed by atoms with Crippen LogP contribution in [0.5, 0.6) is 0 Å². The molecule has 1 atom stereocenters. The van der Waals surface area contributed by atoms with Crippen molar-refractivity contribution in [2.75, 3.05) is 11.9 Å². The zero-order valence-electron chi connectivity index (χ0n) is 12.5. The topological polar surface area (TPSA) is 9.23 Å². The summed E-state index contributed by atoms with van der Waals surface area (Å²) < 4.78 is 6.16. The van der Waals surface area contributed by atoms with E-state index in [-0.39, 0.29) is 6.10 Å². The van der Waals surface area contributed by atoms with Crippen molar-refractivity contribution in [3.8, 4) is 0 Å². The number of ether oxygens (including phenoxy) is 1. The SMILES string of the molecule is CCCC(CBr)(CCC)COC(C)c1ccccc1. The molecule has 19 heavy (non-hydrogen) atoms. The highest BCUT2D eigenvalue weighted by molar-refractivity contribution is 9.09. The van der Waals surface area contributed by atoms with Crippen molar-refractivity contribution in [2.24, 2.45) is 5.41 Å². The van der Waals surface area contributed by atoms with Gasteiger partial charge in [-0.15, -0.1) is 0 Å². The molecular formula is C17H27BrO. The van der Waals surface area contributed by atoms with Crippen LogP contribution in [0.4, 0.5) is 0 Å². The smallest absolute Gasteiger partial charge is 0.0797 e. The van der Waals surface area contributed by atoms with Crippen LogP contribution in [-0.2, 0) is 4.74 Å². The van der Waals surface area contributed by atoms with Gasteiger partial charge in [0.15, 0.2) is 0 Å². The number of hydrogen-bond acceptors (Lipinski definition) is 1. The second-order valence-corrected chi connectivity index (χ2v) is 6.06. The second-order valence-electron chi connectivity index (χ2n) is 5.50. The molecule has 1 unspecified atom stereocenters. The van der Waals surface area contributed by atoms with Gasteiger partial charge in [-0.2, -0.15) is 0 Å². The fraction of sp³-hybridized carbons (Fsp3) is 0.647. The van der Waals surface area contributed by atoms with Crippen molar-refractivity contribution in [3.63, 3.8) is 0 Å². The summed E-state index contributed by atoms with van der Waals surface area (Å²) >= 11 is 3.70. The van der Waals surface area contributed by atoms with E-state index in [2.05, 4.69) is 61.0 Å². The van der Waals surface area contributed by atoms with Crippen molar-refractivity contribution in [3.05, 3.63) is 35.9 Å². The summed E-state index contributed by atoms with van der Waals surface area (Å²) in [6, 6.07) is 10.5. The Hall–Kier alpha value is -0.340. The Morgan fingerprint density at radius 3 is 2.16 bits per heavy atom. The van der Waals surface area contributed by atoms with Crippen molar-refractivity contribution in [1.29, 1.82) is 0 Å². The molecule has 0 N–H and O–H groups in total. The highest BCUT2D eigenvalue weighted by Gasteiger charge is 2.28. The van der Waals surface area contributed by atoms with Crippen LogP contribution in [0.2, 0.25) is 0 Å². The van der Waals surface area contributed by atoms with Gasteiger partial charge in [0.1, 0.15) is 0 Å². The summed E-state index contributed by atoms with van der Waals surface area (Å²) in [6.07, 6.45) is 5.07. The van der Waals surface area contributed by atoms with Crippen LogP contribution in [0.15, 0.2) is 30.3 Å². The first kappa shape index (κ1) is 16.7. The Morgan fingerprint density at radius 1 is 1.11 bits per heavy atom. The maximum absolute atomic E-state index is 6.16. The molecule has 0 radical (unpaired) electrons. The third kappa shape index (κ3) is 5.27. The predicted molar refractivity (Wildman–Crippen MR) is 86.9 cm³/mol. The van der Waals surface area contributed by atoms with Crippen molar-refractivity contribution >= 4 is 15.9 Å². The lowest BCUT2D eigenvalue weighted by Gasteiger charge is -2.32. The number of benzene rings is 1. The minimum Gasteiger partial charge on any atom is -0.373 e. The molecule has 0 saturated heterocycles. The predicted octanol–water partition coefficient (Wildman–Crippen LogP) is 5.75. The molecular weight excluding hydrogens is 300 g/mol. The van der Waals surface area contributed by atoms with E-state index in [0.29, 0.717) is 5.41 Å². The minimum absolute atomic E-state index is 0.174. The van der Waals surface area contributed by atoms with Gasteiger partial charge in [0.2, 0.25) is 0 Å². The maximum Gasteiger partial charge on any atom is 0.0797 e. The number of halogens is 1. The Kier molecular flexibility index (Phi) is 7.70. The van der Waals surface area contributed by atoms with Gasteiger partial charge in [-0.25, -0.2) is 0 Å². The summed E-state index contributed by atoms with van der Waals surface area (Å²) in [5, 5.41) is 1.03. The van der Waals surface area contributed by atoms with E-state index in [1.54, 1.807) is 0 Å².